The summed E-state index contributed by atoms with van der Waals surface area (Å²) in [6, 6.07) is 13.6. The molecule has 0 fully saturated rings. The summed E-state index contributed by atoms with van der Waals surface area (Å²) in [5.41, 5.74) is 0.727. The zero-order valence-corrected chi connectivity index (χ0v) is 12.5. The number of ether oxygens (including phenoxy) is 2. The lowest BCUT2D eigenvalue weighted by Gasteiger charge is -2.26. The van der Waals surface area contributed by atoms with Gasteiger partial charge >= 0.3 is 0 Å². The molecule has 2 aromatic carbocycles. The second-order valence-corrected chi connectivity index (χ2v) is 5.25. The highest BCUT2D eigenvalue weighted by molar-refractivity contribution is 7.80. The minimum absolute atomic E-state index is 0.122. The van der Waals surface area contributed by atoms with Crippen molar-refractivity contribution in [3.05, 3.63) is 54.3 Å². The molecular weight excluding hydrogens is 303 g/mol. The SMILES string of the molecule is Fc1ccc(NC(=S)NCC2COc3ccccc3O2)cc1. The average molecular weight is 318 g/mol. The first-order valence-electron chi connectivity index (χ1n) is 6.89. The van der Waals surface area contributed by atoms with Crippen molar-refractivity contribution < 1.29 is 13.9 Å². The predicted molar refractivity (Wildman–Crippen MR) is 87.0 cm³/mol. The van der Waals surface area contributed by atoms with E-state index in [2.05, 4.69) is 10.6 Å². The van der Waals surface area contributed by atoms with Gasteiger partial charge in [0.1, 0.15) is 18.5 Å². The molecule has 22 heavy (non-hydrogen) atoms. The molecule has 1 aliphatic rings. The normalized spacial score (nSPS) is 16.0. The molecule has 0 aromatic heterocycles. The van der Waals surface area contributed by atoms with Crippen LogP contribution in [0.4, 0.5) is 10.1 Å². The van der Waals surface area contributed by atoms with E-state index < -0.39 is 0 Å². The van der Waals surface area contributed by atoms with Crippen molar-refractivity contribution >= 4 is 23.0 Å². The minimum Gasteiger partial charge on any atom is -0.486 e. The lowest BCUT2D eigenvalue weighted by molar-refractivity contribution is 0.0939. The van der Waals surface area contributed by atoms with Crippen LogP contribution in [0.5, 0.6) is 11.5 Å². The number of para-hydroxylation sites is 2. The van der Waals surface area contributed by atoms with Crippen LogP contribution >= 0.6 is 12.2 Å². The van der Waals surface area contributed by atoms with E-state index in [4.69, 9.17) is 21.7 Å². The van der Waals surface area contributed by atoms with Crippen molar-refractivity contribution in [1.29, 1.82) is 0 Å². The summed E-state index contributed by atoms with van der Waals surface area (Å²) in [5.74, 6) is 1.21. The molecule has 3 rings (SSSR count). The number of anilines is 1. The maximum Gasteiger partial charge on any atom is 0.170 e. The van der Waals surface area contributed by atoms with Crippen LogP contribution in [-0.2, 0) is 0 Å². The first kappa shape index (κ1) is 14.6. The van der Waals surface area contributed by atoms with Gasteiger partial charge in [-0.1, -0.05) is 12.1 Å². The number of thiocarbonyl (C=S) groups is 1. The molecule has 1 heterocycles. The first-order valence-corrected chi connectivity index (χ1v) is 7.30. The summed E-state index contributed by atoms with van der Waals surface area (Å²) < 4.78 is 24.3. The highest BCUT2D eigenvalue weighted by Gasteiger charge is 2.20. The third kappa shape index (κ3) is 3.65. The predicted octanol–water partition coefficient (Wildman–Crippen LogP) is 2.95. The second-order valence-electron chi connectivity index (χ2n) is 4.84. The number of halogens is 1. The first-order chi connectivity index (χ1) is 10.7. The fourth-order valence-electron chi connectivity index (χ4n) is 2.08. The molecule has 1 atom stereocenters. The van der Waals surface area contributed by atoms with Gasteiger partial charge in [0.15, 0.2) is 16.6 Å². The molecule has 0 amide bonds. The van der Waals surface area contributed by atoms with E-state index >= 15 is 0 Å². The van der Waals surface area contributed by atoms with Crippen molar-refractivity contribution in [2.24, 2.45) is 0 Å². The van der Waals surface area contributed by atoms with Gasteiger partial charge in [0.2, 0.25) is 0 Å². The van der Waals surface area contributed by atoms with E-state index in [0.29, 0.717) is 18.3 Å². The van der Waals surface area contributed by atoms with Gasteiger partial charge in [-0.3, -0.25) is 0 Å². The number of hydrogen-bond acceptors (Lipinski definition) is 3. The fraction of sp³-hybridized carbons (Fsp3) is 0.188. The topological polar surface area (TPSA) is 42.5 Å². The maximum absolute atomic E-state index is 12.8. The van der Waals surface area contributed by atoms with Crippen LogP contribution in [0.2, 0.25) is 0 Å². The largest absolute Gasteiger partial charge is 0.486 e. The van der Waals surface area contributed by atoms with Gasteiger partial charge in [-0.15, -0.1) is 0 Å². The Balaban J connectivity index is 1.49. The van der Waals surface area contributed by atoms with Gasteiger partial charge in [0, 0.05) is 5.69 Å². The van der Waals surface area contributed by atoms with Crippen LogP contribution < -0.4 is 20.1 Å². The number of hydrogen-bond donors (Lipinski definition) is 2. The van der Waals surface area contributed by atoms with Gasteiger partial charge in [0.25, 0.3) is 0 Å². The van der Waals surface area contributed by atoms with E-state index in [1.54, 1.807) is 12.1 Å². The molecule has 1 aliphatic heterocycles. The van der Waals surface area contributed by atoms with Crippen molar-refractivity contribution in [1.82, 2.24) is 5.32 Å². The minimum atomic E-state index is -0.282. The lowest BCUT2D eigenvalue weighted by atomic mass is 10.2. The lowest BCUT2D eigenvalue weighted by Crippen LogP contribution is -2.42. The monoisotopic (exact) mass is 318 g/mol. The Kier molecular flexibility index (Phi) is 4.39. The van der Waals surface area contributed by atoms with E-state index in [-0.39, 0.29) is 11.9 Å². The van der Waals surface area contributed by atoms with Gasteiger partial charge in [-0.25, -0.2) is 4.39 Å². The van der Waals surface area contributed by atoms with Crippen molar-refractivity contribution in [2.75, 3.05) is 18.5 Å². The van der Waals surface area contributed by atoms with Crippen LogP contribution in [0.3, 0.4) is 0 Å². The van der Waals surface area contributed by atoms with Crippen LogP contribution in [-0.4, -0.2) is 24.4 Å². The summed E-state index contributed by atoms with van der Waals surface area (Å²) in [7, 11) is 0. The zero-order chi connectivity index (χ0) is 15.4. The maximum atomic E-state index is 12.8. The van der Waals surface area contributed by atoms with E-state index in [1.807, 2.05) is 24.3 Å². The molecule has 0 radical (unpaired) electrons. The van der Waals surface area contributed by atoms with E-state index in [0.717, 1.165) is 17.2 Å². The number of rotatable bonds is 3. The molecule has 6 heteroatoms. The molecule has 2 N–H and O–H groups in total. The van der Waals surface area contributed by atoms with Gasteiger partial charge in [0.05, 0.1) is 6.54 Å². The van der Waals surface area contributed by atoms with Gasteiger partial charge in [-0.2, -0.15) is 0 Å². The van der Waals surface area contributed by atoms with Crippen LogP contribution in [0.15, 0.2) is 48.5 Å². The Morgan fingerprint density at radius 2 is 1.86 bits per heavy atom. The number of nitrogens with one attached hydrogen (secondary N) is 2. The molecule has 1 unspecified atom stereocenters. The Hall–Kier alpha value is -2.34. The Labute approximate surface area is 133 Å². The van der Waals surface area contributed by atoms with Crippen molar-refractivity contribution in [2.45, 2.75) is 6.10 Å². The summed E-state index contributed by atoms with van der Waals surface area (Å²) in [4.78, 5) is 0. The van der Waals surface area contributed by atoms with Gasteiger partial charge < -0.3 is 20.1 Å². The summed E-state index contributed by atoms with van der Waals surface area (Å²) in [6.07, 6.45) is -0.122. The molecule has 0 saturated carbocycles. The molecule has 2 aromatic rings. The van der Waals surface area contributed by atoms with Crippen LogP contribution in [0.1, 0.15) is 0 Å². The summed E-state index contributed by atoms with van der Waals surface area (Å²) >= 11 is 5.20. The van der Waals surface area contributed by atoms with Gasteiger partial charge in [-0.05, 0) is 48.6 Å². The molecule has 0 aliphatic carbocycles. The highest BCUT2D eigenvalue weighted by atomic mass is 32.1. The van der Waals surface area contributed by atoms with Crippen molar-refractivity contribution in [3.63, 3.8) is 0 Å². The third-order valence-electron chi connectivity index (χ3n) is 3.16. The van der Waals surface area contributed by atoms with Crippen LogP contribution in [0.25, 0.3) is 0 Å². The molecule has 0 bridgehead atoms. The molecule has 4 nitrogen and oxygen atoms in total. The average Bonchev–Trinajstić information content (AvgIpc) is 2.55. The zero-order valence-electron chi connectivity index (χ0n) is 11.7. The molecular formula is C16H15FN2O2S. The summed E-state index contributed by atoms with van der Waals surface area (Å²) in [6.45, 7) is 0.977. The molecule has 0 spiro atoms. The van der Waals surface area contributed by atoms with Crippen molar-refractivity contribution in [3.8, 4) is 11.5 Å². The quantitative estimate of drug-likeness (QED) is 0.852. The highest BCUT2D eigenvalue weighted by Crippen LogP contribution is 2.30. The number of fused-ring (bicyclic) bond motifs is 1. The Bertz CT molecular complexity index is 663. The summed E-state index contributed by atoms with van der Waals surface area (Å²) in [5, 5.41) is 6.51. The van der Waals surface area contributed by atoms with Crippen LogP contribution in [0, 0.1) is 5.82 Å². The third-order valence-corrected chi connectivity index (χ3v) is 3.41. The standard InChI is InChI=1S/C16H15FN2O2S/c17-11-5-7-12(8-6-11)19-16(22)18-9-13-10-20-14-3-1-2-4-15(14)21-13/h1-8,13H,9-10H2,(H2,18,19,22). The molecule has 114 valence electrons. The smallest absolute Gasteiger partial charge is 0.170 e. The fourth-order valence-corrected chi connectivity index (χ4v) is 2.28. The Morgan fingerprint density at radius 3 is 2.64 bits per heavy atom. The van der Waals surface area contributed by atoms with E-state index in [9.17, 15) is 4.39 Å². The van der Waals surface area contributed by atoms with E-state index in [1.165, 1.54) is 12.1 Å². The number of benzene rings is 2. The second kappa shape index (κ2) is 6.62. The Morgan fingerprint density at radius 1 is 1.14 bits per heavy atom. The molecule has 0 saturated heterocycles.